The number of hydrogen-bond acceptors (Lipinski definition) is 4. The van der Waals surface area contributed by atoms with Crippen LogP contribution in [0.5, 0.6) is 0 Å². The zero-order valence-electron chi connectivity index (χ0n) is 14.3. The molecule has 144 valence electrons. The second-order valence-corrected chi connectivity index (χ2v) is 5.77. The van der Waals surface area contributed by atoms with Gasteiger partial charge in [0.05, 0.1) is 5.56 Å². The van der Waals surface area contributed by atoms with Gasteiger partial charge in [-0.1, -0.05) is 12.1 Å². The molecule has 0 spiro atoms. The fourth-order valence-electron chi connectivity index (χ4n) is 2.29. The Labute approximate surface area is 157 Å². The number of halogens is 4. The summed E-state index contributed by atoms with van der Waals surface area (Å²) in [6.45, 7) is 0.185. The van der Waals surface area contributed by atoms with Gasteiger partial charge in [-0.25, -0.2) is 14.4 Å². The number of aromatic nitrogens is 2. The molecule has 5 nitrogen and oxygen atoms in total. The summed E-state index contributed by atoms with van der Waals surface area (Å²) in [7, 11) is 0. The number of carbonyl (C=O) groups is 1. The first-order valence-corrected chi connectivity index (χ1v) is 8.11. The van der Waals surface area contributed by atoms with Crippen molar-refractivity contribution in [3.8, 4) is 0 Å². The van der Waals surface area contributed by atoms with E-state index in [4.69, 9.17) is 0 Å². The zero-order valence-corrected chi connectivity index (χ0v) is 14.3. The van der Waals surface area contributed by atoms with Crippen molar-refractivity contribution in [3.63, 3.8) is 0 Å². The number of rotatable bonds is 5. The van der Waals surface area contributed by atoms with Crippen molar-refractivity contribution in [2.45, 2.75) is 12.7 Å². The van der Waals surface area contributed by atoms with Crippen molar-refractivity contribution < 1.29 is 22.4 Å². The van der Waals surface area contributed by atoms with Crippen LogP contribution in [0, 0.1) is 5.82 Å². The van der Waals surface area contributed by atoms with Gasteiger partial charge in [-0.15, -0.1) is 0 Å². The van der Waals surface area contributed by atoms with E-state index in [0.29, 0.717) is 11.3 Å². The first kappa shape index (κ1) is 19.3. The third kappa shape index (κ3) is 5.03. The molecule has 0 atom stereocenters. The molecule has 0 radical (unpaired) electrons. The molecule has 2 N–H and O–H groups in total. The van der Waals surface area contributed by atoms with Crippen LogP contribution >= 0.6 is 0 Å². The molecule has 1 aromatic heterocycles. The van der Waals surface area contributed by atoms with E-state index in [0.717, 1.165) is 12.1 Å². The van der Waals surface area contributed by atoms with Crippen LogP contribution in [0.4, 0.5) is 29.2 Å². The molecule has 0 saturated carbocycles. The summed E-state index contributed by atoms with van der Waals surface area (Å²) in [5.74, 6) is -0.777. The van der Waals surface area contributed by atoms with Gasteiger partial charge in [0.15, 0.2) is 0 Å². The van der Waals surface area contributed by atoms with E-state index in [1.54, 1.807) is 12.1 Å². The summed E-state index contributed by atoms with van der Waals surface area (Å²) < 4.78 is 50.7. The second-order valence-electron chi connectivity index (χ2n) is 5.77. The van der Waals surface area contributed by atoms with E-state index in [-0.39, 0.29) is 24.0 Å². The second kappa shape index (κ2) is 8.03. The third-order valence-electron chi connectivity index (χ3n) is 3.72. The molecule has 1 heterocycles. The minimum atomic E-state index is -4.42. The minimum Gasteiger partial charge on any atom is -0.347 e. The molecule has 0 bridgehead atoms. The van der Waals surface area contributed by atoms with Gasteiger partial charge in [-0.2, -0.15) is 13.2 Å². The van der Waals surface area contributed by atoms with Crippen LogP contribution < -0.4 is 10.6 Å². The van der Waals surface area contributed by atoms with Crippen molar-refractivity contribution in [2.75, 3.05) is 5.32 Å². The summed E-state index contributed by atoms with van der Waals surface area (Å²) in [6.07, 6.45) is -3.07. The molecule has 0 aliphatic rings. The summed E-state index contributed by atoms with van der Waals surface area (Å²) >= 11 is 0. The lowest BCUT2D eigenvalue weighted by Crippen LogP contribution is -2.24. The Kier molecular flexibility index (Phi) is 5.53. The van der Waals surface area contributed by atoms with Crippen molar-refractivity contribution >= 4 is 17.5 Å². The number of anilines is 2. The van der Waals surface area contributed by atoms with Gasteiger partial charge < -0.3 is 10.6 Å². The third-order valence-corrected chi connectivity index (χ3v) is 3.72. The average molecular weight is 390 g/mol. The molecular weight excluding hydrogens is 376 g/mol. The van der Waals surface area contributed by atoms with E-state index in [2.05, 4.69) is 20.6 Å². The highest BCUT2D eigenvalue weighted by molar-refractivity contribution is 5.92. The number of nitrogens with one attached hydrogen (secondary N) is 2. The monoisotopic (exact) mass is 390 g/mol. The van der Waals surface area contributed by atoms with Gasteiger partial charge >= 0.3 is 6.18 Å². The fraction of sp³-hybridized carbons (Fsp3) is 0.105. The number of amides is 1. The van der Waals surface area contributed by atoms with Crippen molar-refractivity contribution in [3.05, 3.63) is 83.4 Å². The highest BCUT2D eigenvalue weighted by Crippen LogP contribution is 2.30. The summed E-state index contributed by atoms with van der Waals surface area (Å²) in [5.41, 5.74) is 0.364. The first-order valence-electron chi connectivity index (χ1n) is 8.11. The van der Waals surface area contributed by atoms with Crippen molar-refractivity contribution in [1.29, 1.82) is 0 Å². The van der Waals surface area contributed by atoms with Gasteiger partial charge in [0.1, 0.15) is 11.5 Å². The first-order chi connectivity index (χ1) is 13.3. The lowest BCUT2D eigenvalue weighted by molar-refractivity contribution is -0.137. The van der Waals surface area contributed by atoms with Crippen LogP contribution in [0.3, 0.4) is 0 Å². The van der Waals surface area contributed by atoms with Crippen LogP contribution in [-0.2, 0) is 12.7 Å². The van der Waals surface area contributed by atoms with Crippen LogP contribution in [0.1, 0.15) is 21.6 Å². The van der Waals surface area contributed by atoms with Gasteiger partial charge in [0.25, 0.3) is 5.91 Å². The Hall–Kier alpha value is -3.49. The number of alkyl halides is 3. The van der Waals surface area contributed by atoms with Crippen LogP contribution in [0.25, 0.3) is 0 Å². The largest absolute Gasteiger partial charge is 0.416 e. The smallest absolute Gasteiger partial charge is 0.347 e. The van der Waals surface area contributed by atoms with Crippen LogP contribution in [-0.4, -0.2) is 15.9 Å². The van der Waals surface area contributed by atoms with Crippen molar-refractivity contribution in [2.24, 2.45) is 0 Å². The van der Waals surface area contributed by atoms with E-state index >= 15 is 0 Å². The predicted octanol–water partition coefficient (Wildman–Crippen LogP) is 4.31. The molecular formula is C19H14F4N4O. The van der Waals surface area contributed by atoms with Gasteiger partial charge in [0, 0.05) is 18.4 Å². The normalized spacial score (nSPS) is 11.1. The molecule has 0 aliphatic carbocycles. The van der Waals surface area contributed by atoms with Gasteiger partial charge in [0.2, 0.25) is 5.95 Å². The molecule has 2 aromatic carbocycles. The highest BCUT2D eigenvalue weighted by Gasteiger charge is 2.29. The molecule has 1 amide bonds. The Morgan fingerprint density at radius 3 is 2.29 bits per heavy atom. The molecule has 0 aliphatic heterocycles. The number of nitrogens with zero attached hydrogens (tertiary/aromatic N) is 2. The number of hydrogen-bond donors (Lipinski definition) is 2. The van der Waals surface area contributed by atoms with Crippen LogP contribution in [0.15, 0.2) is 60.8 Å². The maximum Gasteiger partial charge on any atom is 0.416 e. The predicted molar refractivity (Wildman–Crippen MR) is 94.3 cm³/mol. The Balaban J connectivity index is 1.64. The topological polar surface area (TPSA) is 66.9 Å². The Morgan fingerprint density at radius 2 is 1.64 bits per heavy atom. The summed E-state index contributed by atoms with van der Waals surface area (Å²) in [5, 5.41) is 5.39. The number of benzene rings is 2. The van der Waals surface area contributed by atoms with Crippen molar-refractivity contribution in [1.82, 2.24) is 15.3 Å². The lowest BCUT2D eigenvalue weighted by Gasteiger charge is -2.09. The molecule has 0 saturated heterocycles. The Morgan fingerprint density at radius 1 is 0.964 bits per heavy atom. The molecule has 3 rings (SSSR count). The lowest BCUT2D eigenvalue weighted by atomic mass is 10.2. The van der Waals surface area contributed by atoms with Crippen LogP contribution in [0.2, 0.25) is 0 Å². The fourth-order valence-corrected chi connectivity index (χ4v) is 2.29. The zero-order chi connectivity index (χ0) is 20.1. The molecule has 9 heteroatoms. The maximum atomic E-state index is 12.9. The van der Waals surface area contributed by atoms with Gasteiger partial charge in [-0.05, 0) is 48.0 Å². The average Bonchev–Trinajstić information content (AvgIpc) is 2.67. The highest BCUT2D eigenvalue weighted by atomic mass is 19.4. The SMILES string of the molecule is O=C(NCc1ccc(F)cc1)c1ccnc(Nc2ccc(C(F)(F)F)cc2)n1. The van der Waals surface area contributed by atoms with E-state index in [9.17, 15) is 22.4 Å². The quantitative estimate of drug-likeness (QED) is 0.638. The molecule has 3 aromatic rings. The summed E-state index contributed by atoms with van der Waals surface area (Å²) in [4.78, 5) is 20.2. The standard InChI is InChI=1S/C19H14F4N4O/c20-14-5-1-12(2-6-14)11-25-17(28)16-9-10-24-18(27-16)26-15-7-3-13(4-8-15)19(21,22)23/h1-10H,11H2,(H,25,28)(H,24,26,27). The van der Waals surface area contributed by atoms with Gasteiger partial charge in [-0.3, -0.25) is 4.79 Å². The van der Waals surface area contributed by atoms with E-state index in [1.807, 2.05) is 0 Å². The number of carbonyl (C=O) groups excluding carboxylic acids is 1. The molecule has 0 fully saturated rings. The Bertz CT molecular complexity index is 957. The maximum absolute atomic E-state index is 12.9. The minimum absolute atomic E-state index is 0.0641. The van der Waals surface area contributed by atoms with E-state index < -0.39 is 17.6 Å². The molecule has 28 heavy (non-hydrogen) atoms. The van der Waals surface area contributed by atoms with E-state index in [1.165, 1.54) is 36.5 Å². The summed E-state index contributed by atoms with van der Waals surface area (Å²) in [6, 6.07) is 11.4. The molecule has 0 unspecified atom stereocenters.